The molecule has 2 aromatic rings. The van der Waals surface area contributed by atoms with Gasteiger partial charge in [0, 0.05) is 31.1 Å². The Labute approximate surface area is 168 Å². The van der Waals surface area contributed by atoms with Crippen LogP contribution in [0.5, 0.6) is 0 Å². The van der Waals surface area contributed by atoms with E-state index in [2.05, 4.69) is 0 Å². The van der Waals surface area contributed by atoms with Crippen molar-refractivity contribution in [2.45, 2.75) is 11.8 Å². The van der Waals surface area contributed by atoms with Crippen molar-refractivity contribution in [3.63, 3.8) is 0 Å². The van der Waals surface area contributed by atoms with Gasteiger partial charge in [0.15, 0.2) is 6.61 Å². The molecule has 1 heterocycles. The second-order valence-corrected chi connectivity index (χ2v) is 7.63. The number of thioether (sulfide) groups is 1. The Morgan fingerprint density at radius 2 is 1.71 bits per heavy atom. The number of hydrogen-bond donors (Lipinski definition) is 0. The molecule has 0 N–H and O–H groups in total. The number of para-hydroxylation sites is 1. The summed E-state index contributed by atoms with van der Waals surface area (Å²) in [4.78, 5) is 29.2. The average Bonchev–Trinajstić information content (AvgIpc) is 2.73. The fraction of sp³-hybridized carbons (Fsp3) is 0.333. The number of carbonyl (C=O) groups is 2. The van der Waals surface area contributed by atoms with Crippen molar-refractivity contribution < 1.29 is 18.7 Å². The first kappa shape index (κ1) is 20.2. The van der Waals surface area contributed by atoms with E-state index in [1.165, 1.54) is 6.07 Å². The average molecular weight is 402 g/mol. The molecule has 148 valence electrons. The Kier molecular flexibility index (Phi) is 6.92. The van der Waals surface area contributed by atoms with Crippen LogP contribution in [-0.4, -0.2) is 55.3 Å². The van der Waals surface area contributed by atoms with Gasteiger partial charge in [-0.2, -0.15) is 0 Å². The van der Waals surface area contributed by atoms with Crippen LogP contribution in [0.1, 0.15) is 17.3 Å². The van der Waals surface area contributed by atoms with E-state index in [0.717, 1.165) is 10.6 Å². The smallest absolute Gasteiger partial charge is 0.339 e. The van der Waals surface area contributed by atoms with Gasteiger partial charge in [-0.1, -0.05) is 31.2 Å². The van der Waals surface area contributed by atoms with Crippen molar-refractivity contribution in [1.29, 1.82) is 0 Å². The number of rotatable bonds is 6. The highest BCUT2D eigenvalue weighted by atomic mass is 32.2. The quantitative estimate of drug-likeness (QED) is 0.547. The van der Waals surface area contributed by atoms with E-state index in [-0.39, 0.29) is 18.3 Å². The molecule has 7 heteroatoms. The number of carbonyl (C=O) groups excluding carboxylic acids is 2. The van der Waals surface area contributed by atoms with Crippen LogP contribution in [0.4, 0.5) is 10.1 Å². The highest BCUT2D eigenvalue weighted by molar-refractivity contribution is 7.99. The second-order valence-electron chi connectivity index (χ2n) is 6.32. The summed E-state index contributed by atoms with van der Waals surface area (Å²) in [7, 11) is 0. The first-order valence-electron chi connectivity index (χ1n) is 9.26. The number of benzene rings is 2. The van der Waals surface area contributed by atoms with Gasteiger partial charge in [-0.05, 0) is 30.0 Å². The maximum absolute atomic E-state index is 13.9. The standard InChI is InChI=1S/C21H23FN2O3S/c1-2-28-19-10-6-3-7-16(19)21(26)27-15-20(25)24-13-11-23(12-14-24)18-9-5-4-8-17(18)22/h3-10H,2,11-15H2,1H3. The summed E-state index contributed by atoms with van der Waals surface area (Å²) in [5, 5.41) is 0. The lowest BCUT2D eigenvalue weighted by molar-refractivity contribution is -0.134. The number of hydrogen-bond acceptors (Lipinski definition) is 5. The van der Waals surface area contributed by atoms with Crippen LogP contribution < -0.4 is 4.90 Å². The zero-order valence-electron chi connectivity index (χ0n) is 15.8. The predicted molar refractivity (Wildman–Crippen MR) is 108 cm³/mol. The molecule has 0 radical (unpaired) electrons. The molecule has 0 bridgehead atoms. The van der Waals surface area contributed by atoms with Gasteiger partial charge in [0.1, 0.15) is 5.82 Å². The van der Waals surface area contributed by atoms with E-state index in [9.17, 15) is 14.0 Å². The number of piperazine rings is 1. The van der Waals surface area contributed by atoms with Gasteiger partial charge in [-0.3, -0.25) is 4.79 Å². The van der Waals surface area contributed by atoms with Gasteiger partial charge in [-0.25, -0.2) is 9.18 Å². The van der Waals surface area contributed by atoms with Crippen LogP contribution in [-0.2, 0) is 9.53 Å². The molecule has 0 atom stereocenters. The van der Waals surface area contributed by atoms with E-state index in [1.54, 1.807) is 47.0 Å². The Bertz CT molecular complexity index is 838. The maximum atomic E-state index is 13.9. The molecule has 1 aliphatic heterocycles. The molecule has 3 rings (SSSR count). The third-order valence-electron chi connectivity index (χ3n) is 4.56. The normalized spacial score (nSPS) is 14.1. The third-order valence-corrected chi connectivity index (χ3v) is 5.51. The molecular formula is C21H23FN2O3S. The minimum absolute atomic E-state index is 0.234. The zero-order chi connectivity index (χ0) is 19.9. The van der Waals surface area contributed by atoms with E-state index < -0.39 is 5.97 Å². The summed E-state index contributed by atoms with van der Waals surface area (Å²) in [6, 6.07) is 13.8. The molecule has 0 aromatic heterocycles. The number of anilines is 1. The fourth-order valence-electron chi connectivity index (χ4n) is 3.12. The SMILES string of the molecule is CCSc1ccccc1C(=O)OCC(=O)N1CCN(c2ccccc2F)CC1. The van der Waals surface area contributed by atoms with Crippen molar-refractivity contribution in [1.82, 2.24) is 4.90 Å². The third kappa shape index (κ3) is 4.84. The summed E-state index contributed by atoms with van der Waals surface area (Å²) in [6.45, 7) is 3.73. The molecule has 1 amide bonds. The number of esters is 1. The van der Waals surface area contributed by atoms with E-state index >= 15 is 0 Å². The lowest BCUT2D eigenvalue weighted by Gasteiger charge is -2.36. The molecule has 1 aliphatic rings. The molecule has 0 aliphatic carbocycles. The molecule has 1 fully saturated rings. The molecule has 0 saturated carbocycles. The molecular weight excluding hydrogens is 379 g/mol. The van der Waals surface area contributed by atoms with Gasteiger partial charge in [0.25, 0.3) is 5.91 Å². The van der Waals surface area contributed by atoms with Crippen molar-refractivity contribution in [2.24, 2.45) is 0 Å². The van der Waals surface area contributed by atoms with Crippen molar-refractivity contribution >= 4 is 29.3 Å². The molecule has 0 unspecified atom stereocenters. The van der Waals surface area contributed by atoms with Gasteiger partial charge in [0.2, 0.25) is 0 Å². The van der Waals surface area contributed by atoms with Crippen LogP contribution in [0.25, 0.3) is 0 Å². The van der Waals surface area contributed by atoms with Gasteiger partial charge < -0.3 is 14.5 Å². The Balaban J connectivity index is 1.51. The van der Waals surface area contributed by atoms with Crippen LogP contribution in [0, 0.1) is 5.82 Å². The highest BCUT2D eigenvalue weighted by Crippen LogP contribution is 2.23. The van der Waals surface area contributed by atoms with E-state index in [1.807, 2.05) is 24.0 Å². The Hall–Kier alpha value is -2.54. The Morgan fingerprint density at radius 3 is 2.43 bits per heavy atom. The van der Waals surface area contributed by atoms with Gasteiger partial charge in [-0.15, -0.1) is 11.8 Å². The van der Waals surface area contributed by atoms with E-state index in [0.29, 0.717) is 37.4 Å². The summed E-state index contributed by atoms with van der Waals surface area (Å²) >= 11 is 1.56. The largest absolute Gasteiger partial charge is 0.452 e. The van der Waals surface area contributed by atoms with Crippen molar-refractivity contribution in [3.8, 4) is 0 Å². The Morgan fingerprint density at radius 1 is 1.04 bits per heavy atom. The lowest BCUT2D eigenvalue weighted by Crippen LogP contribution is -2.50. The number of amides is 1. The van der Waals surface area contributed by atoms with Gasteiger partial charge in [0.05, 0.1) is 11.3 Å². The van der Waals surface area contributed by atoms with Gasteiger partial charge >= 0.3 is 5.97 Å². The monoisotopic (exact) mass is 402 g/mol. The van der Waals surface area contributed by atoms with Crippen LogP contribution >= 0.6 is 11.8 Å². The van der Waals surface area contributed by atoms with Crippen LogP contribution in [0.15, 0.2) is 53.4 Å². The maximum Gasteiger partial charge on any atom is 0.339 e. The summed E-state index contributed by atoms with van der Waals surface area (Å²) in [5.74, 6) is -0.146. The minimum atomic E-state index is -0.491. The molecule has 2 aromatic carbocycles. The van der Waals surface area contributed by atoms with Crippen molar-refractivity contribution in [3.05, 3.63) is 59.9 Å². The highest BCUT2D eigenvalue weighted by Gasteiger charge is 2.24. The minimum Gasteiger partial charge on any atom is -0.452 e. The molecule has 0 spiro atoms. The number of halogens is 1. The first-order chi connectivity index (χ1) is 13.6. The molecule has 28 heavy (non-hydrogen) atoms. The topological polar surface area (TPSA) is 49.9 Å². The van der Waals surface area contributed by atoms with Crippen LogP contribution in [0.2, 0.25) is 0 Å². The number of nitrogens with zero attached hydrogens (tertiary/aromatic N) is 2. The molecule has 5 nitrogen and oxygen atoms in total. The van der Waals surface area contributed by atoms with Crippen molar-refractivity contribution in [2.75, 3.05) is 43.4 Å². The zero-order valence-corrected chi connectivity index (χ0v) is 16.6. The summed E-state index contributed by atoms with van der Waals surface area (Å²) in [5.41, 5.74) is 1.03. The summed E-state index contributed by atoms with van der Waals surface area (Å²) < 4.78 is 19.2. The second kappa shape index (κ2) is 9.59. The fourth-order valence-corrected chi connectivity index (χ4v) is 3.91. The molecule has 1 saturated heterocycles. The predicted octanol–water partition coefficient (Wildman–Crippen LogP) is 3.44. The first-order valence-corrected chi connectivity index (χ1v) is 10.2. The number of ether oxygens (including phenoxy) is 1. The lowest BCUT2D eigenvalue weighted by atomic mass is 10.2. The summed E-state index contributed by atoms with van der Waals surface area (Å²) in [6.07, 6.45) is 0. The van der Waals surface area contributed by atoms with E-state index in [4.69, 9.17) is 4.74 Å². The van der Waals surface area contributed by atoms with Crippen LogP contribution in [0.3, 0.4) is 0 Å².